The number of halogens is 4. The molecule has 1 aliphatic rings. The molecule has 10 heteroatoms. The standard InChI is InChI=1S/C22H20F4N4O2/c23-15-2-1-3-17(12-15)30-20(14-8-10-27-11-9-14)19(13-28-30)21(31)29-16-4-6-18(7-5-16)32-22(24,25)26/h1-7,12-14,27H,8-11H2,(H,29,31). The van der Waals surface area contributed by atoms with Crippen LogP contribution in [-0.2, 0) is 0 Å². The lowest BCUT2D eigenvalue weighted by Crippen LogP contribution is -2.29. The SMILES string of the molecule is O=C(Nc1ccc(OC(F)(F)F)cc1)c1cnn(-c2cccc(F)c2)c1C1CCNCC1. The third-order valence-corrected chi connectivity index (χ3v) is 5.18. The van der Waals surface area contributed by atoms with Gasteiger partial charge in [0.1, 0.15) is 11.6 Å². The van der Waals surface area contributed by atoms with Crippen molar-refractivity contribution in [2.75, 3.05) is 18.4 Å². The predicted octanol–water partition coefficient (Wildman–Crippen LogP) is 4.63. The molecule has 4 rings (SSSR count). The lowest BCUT2D eigenvalue weighted by atomic mass is 9.91. The molecule has 2 heterocycles. The van der Waals surface area contributed by atoms with Crippen molar-refractivity contribution in [3.63, 3.8) is 0 Å². The van der Waals surface area contributed by atoms with Crippen molar-refractivity contribution in [2.45, 2.75) is 25.1 Å². The lowest BCUT2D eigenvalue weighted by molar-refractivity contribution is -0.274. The van der Waals surface area contributed by atoms with Gasteiger partial charge in [-0.3, -0.25) is 4.79 Å². The first-order valence-electron chi connectivity index (χ1n) is 10.0. The summed E-state index contributed by atoms with van der Waals surface area (Å²) < 4.78 is 56.2. The summed E-state index contributed by atoms with van der Waals surface area (Å²) >= 11 is 0. The number of piperidine rings is 1. The topological polar surface area (TPSA) is 68.2 Å². The summed E-state index contributed by atoms with van der Waals surface area (Å²) in [5.74, 6) is -1.22. The van der Waals surface area contributed by atoms with Crippen LogP contribution in [0.5, 0.6) is 5.75 Å². The second kappa shape index (κ2) is 8.99. The molecule has 0 atom stereocenters. The quantitative estimate of drug-likeness (QED) is 0.559. The van der Waals surface area contributed by atoms with E-state index in [1.165, 1.54) is 30.5 Å². The van der Waals surface area contributed by atoms with Crippen molar-refractivity contribution >= 4 is 11.6 Å². The first kappa shape index (κ1) is 21.8. The Morgan fingerprint density at radius 2 is 1.84 bits per heavy atom. The highest BCUT2D eigenvalue weighted by Crippen LogP contribution is 2.31. The first-order chi connectivity index (χ1) is 15.3. The number of hydrogen-bond acceptors (Lipinski definition) is 4. The fourth-order valence-corrected chi connectivity index (χ4v) is 3.77. The van der Waals surface area contributed by atoms with E-state index >= 15 is 0 Å². The highest BCUT2D eigenvalue weighted by Gasteiger charge is 2.31. The molecule has 0 saturated carbocycles. The van der Waals surface area contributed by atoms with Gasteiger partial charge < -0.3 is 15.4 Å². The molecule has 1 amide bonds. The zero-order valence-corrected chi connectivity index (χ0v) is 16.8. The van der Waals surface area contributed by atoms with E-state index in [1.807, 2.05) is 0 Å². The average Bonchev–Trinajstić information content (AvgIpc) is 3.20. The molecule has 1 saturated heterocycles. The van der Waals surface area contributed by atoms with Gasteiger partial charge in [0.25, 0.3) is 5.91 Å². The monoisotopic (exact) mass is 448 g/mol. The molecular weight excluding hydrogens is 428 g/mol. The zero-order chi connectivity index (χ0) is 22.7. The minimum atomic E-state index is -4.79. The van der Waals surface area contributed by atoms with Crippen molar-refractivity contribution in [1.82, 2.24) is 15.1 Å². The van der Waals surface area contributed by atoms with Crippen LogP contribution in [0.3, 0.4) is 0 Å². The molecule has 0 bridgehead atoms. The summed E-state index contributed by atoms with van der Waals surface area (Å²) in [6.07, 6.45) is -1.80. The molecule has 1 fully saturated rings. The normalized spacial score (nSPS) is 14.9. The fraction of sp³-hybridized carbons (Fsp3) is 0.273. The summed E-state index contributed by atoms with van der Waals surface area (Å²) in [7, 11) is 0. The van der Waals surface area contributed by atoms with E-state index in [4.69, 9.17) is 0 Å². The van der Waals surface area contributed by atoms with Crippen LogP contribution in [0.1, 0.15) is 34.8 Å². The molecule has 168 valence electrons. The Labute approximate surface area is 181 Å². The Morgan fingerprint density at radius 1 is 1.12 bits per heavy atom. The van der Waals surface area contributed by atoms with Crippen LogP contribution < -0.4 is 15.4 Å². The van der Waals surface area contributed by atoms with Crippen LogP contribution in [0.2, 0.25) is 0 Å². The van der Waals surface area contributed by atoms with Crippen molar-refractivity contribution in [3.05, 3.63) is 71.8 Å². The zero-order valence-electron chi connectivity index (χ0n) is 16.8. The van der Waals surface area contributed by atoms with Crippen molar-refractivity contribution in [1.29, 1.82) is 0 Å². The van der Waals surface area contributed by atoms with E-state index in [2.05, 4.69) is 20.5 Å². The number of anilines is 1. The van der Waals surface area contributed by atoms with Crippen LogP contribution in [0.4, 0.5) is 23.2 Å². The summed E-state index contributed by atoms with van der Waals surface area (Å²) in [5, 5.41) is 10.3. The Kier molecular flexibility index (Phi) is 6.13. The van der Waals surface area contributed by atoms with E-state index < -0.39 is 18.1 Å². The molecule has 0 spiro atoms. The Bertz CT molecular complexity index is 1090. The van der Waals surface area contributed by atoms with Crippen LogP contribution in [0.15, 0.2) is 54.7 Å². The molecule has 0 aliphatic carbocycles. The molecule has 6 nitrogen and oxygen atoms in total. The third-order valence-electron chi connectivity index (χ3n) is 5.18. The Morgan fingerprint density at radius 3 is 2.50 bits per heavy atom. The highest BCUT2D eigenvalue weighted by atomic mass is 19.4. The summed E-state index contributed by atoms with van der Waals surface area (Å²) in [6.45, 7) is 1.56. The smallest absolute Gasteiger partial charge is 0.406 e. The number of alkyl halides is 3. The van der Waals surface area contributed by atoms with Gasteiger partial charge in [-0.1, -0.05) is 6.07 Å². The van der Waals surface area contributed by atoms with Crippen molar-refractivity contribution < 1.29 is 27.1 Å². The number of ether oxygens (including phenoxy) is 1. The third kappa shape index (κ3) is 5.08. The number of hydrogen-bond donors (Lipinski definition) is 2. The fourth-order valence-electron chi connectivity index (χ4n) is 3.77. The molecule has 32 heavy (non-hydrogen) atoms. The molecule has 1 aromatic heterocycles. The summed E-state index contributed by atoms with van der Waals surface area (Å²) in [5.41, 5.74) is 1.81. The van der Waals surface area contributed by atoms with Crippen molar-refractivity contribution in [2.24, 2.45) is 0 Å². The van der Waals surface area contributed by atoms with E-state index in [-0.39, 0.29) is 11.7 Å². The van der Waals surface area contributed by atoms with Gasteiger partial charge in [0.2, 0.25) is 0 Å². The first-order valence-corrected chi connectivity index (χ1v) is 10.0. The van der Waals surface area contributed by atoms with Crippen LogP contribution >= 0.6 is 0 Å². The summed E-state index contributed by atoms with van der Waals surface area (Å²) in [4.78, 5) is 13.0. The average molecular weight is 448 g/mol. The maximum atomic E-state index is 13.8. The Balaban J connectivity index is 1.61. The number of benzene rings is 2. The number of nitrogens with one attached hydrogen (secondary N) is 2. The predicted molar refractivity (Wildman–Crippen MR) is 109 cm³/mol. The second-order valence-corrected chi connectivity index (χ2v) is 7.39. The number of carbonyl (C=O) groups excluding carboxylic acids is 1. The van der Waals surface area contributed by atoms with Gasteiger partial charge in [-0.15, -0.1) is 13.2 Å². The van der Waals surface area contributed by atoms with Crippen LogP contribution in [-0.4, -0.2) is 35.1 Å². The molecule has 0 radical (unpaired) electrons. The highest BCUT2D eigenvalue weighted by molar-refractivity contribution is 6.05. The number of amides is 1. The van der Waals surface area contributed by atoms with Gasteiger partial charge in [-0.05, 0) is 68.4 Å². The molecular formula is C22H20F4N4O2. The van der Waals surface area contributed by atoms with E-state index in [9.17, 15) is 22.4 Å². The lowest BCUT2D eigenvalue weighted by Gasteiger charge is -2.24. The number of rotatable bonds is 5. The minimum Gasteiger partial charge on any atom is -0.406 e. The van der Waals surface area contributed by atoms with Gasteiger partial charge in [-0.2, -0.15) is 5.10 Å². The maximum Gasteiger partial charge on any atom is 0.573 e. The molecule has 2 N–H and O–H groups in total. The van der Waals surface area contributed by atoms with Gasteiger partial charge in [0.05, 0.1) is 23.1 Å². The van der Waals surface area contributed by atoms with E-state index in [0.717, 1.165) is 38.1 Å². The van der Waals surface area contributed by atoms with Crippen LogP contribution in [0, 0.1) is 5.82 Å². The largest absolute Gasteiger partial charge is 0.573 e. The Hall–Kier alpha value is -3.40. The van der Waals surface area contributed by atoms with E-state index in [0.29, 0.717) is 22.6 Å². The molecule has 3 aromatic rings. The number of nitrogens with zero attached hydrogens (tertiary/aromatic N) is 2. The molecule has 0 unspecified atom stereocenters. The maximum absolute atomic E-state index is 13.8. The number of aromatic nitrogens is 2. The summed E-state index contributed by atoms with van der Waals surface area (Å²) in [6, 6.07) is 10.8. The van der Waals surface area contributed by atoms with Crippen molar-refractivity contribution in [3.8, 4) is 11.4 Å². The van der Waals surface area contributed by atoms with Gasteiger partial charge >= 0.3 is 6.36 Å². The van der Waals surface area contributed by atoms with Gasteiger partial charge in [0, 0.05) is 11.6 Å². The van der Waals surface area contributed by atoms with Gasteiger partial charge in [-0.25, -0.2) is 9.07 Å². The van der Waals surface area contributed by atoms with Gasteiger partial charge in [0.15, 0.2) is 0 Å². The second-order valence-electron chi connectivity index (χ2n) is 7.39. The van der Waals surface area contributed by atoms with Crippen LogP contribution in [0.25, 0.3) is 5.69 Å². The number of carbonyl (C=O) groups is 1. The minimum absolute atomic E-state index is 0.0327. The molecule has 2 aromatic carbocycles. The molecule has 1 aliphatic heterocycles. The van der Waals surface area contributed by atoms with E-state index in [1.54, 1.807) is 16.8 Å².